The predicted octanol–water partition coefficient (Wildman–Crippen LogP) is 0.607. The molecule has 0 spiro atoms. The van der Waals surface area contributed by atoms with E-state index in [1.807, 2.05) is 7.05 Å². The maximum atomic E-state index is 10.8. The number of hydrogen-bond donors (Lipinski definition) is 1. The summed E-state index contributed by atoms with van der Waals surface area (Å²) in [6, 6.07) is 0. The van der Waals surface area contributed by atoms with E-state index in [1.54, 1.807) is 6.92 Å². The highest BCUT2D eigenvalue weighted by atomic mass is 16.5. The number of Topliss-reactive ketones (excluding diaryl/α,β-unsaturated/α-hetero) is 1. The van der Waals surface area contributed by atoms with E-state index in [9.17, 15) is 4.79 Å². The van der Waals surface area contributed by atoms with Gasteiger partial charge in [-0.1, -0.05) is 0 Å². The largest absolute Gasteiger partial charge is 0.380 e. The van der Waals surface area contributed by atoms with Gasteiger partial charge in [0.25, 0.3) is 0 Å². The van der Waals surface area contributed by atoms with Crippen LogP contribution in [0.15, 0.2) is 0 Å². The van der Waals surface area contributed by atoms with Gasteiger partial charge in [0.05, 0.1) is 6.61 Å². The monoisotopic (exact) mass is 203 g/mol. The van der Waals surface area contributed by atoms with Gasteiger partial charge in [0.1, 0.15) is 6.10 Å². The molecule has 1 N–H and O–H groups in total. The van der Waals surface area contributed by atoms with Gasteiger partial charge >= 0.3 is 0 Å². The highest BCUT2D eigenvalue weighted by Crippen LogP contribution is 1.94. The molecule has 14 heavy (non-hydrogen) atoms. The van der Waals surface area contributed by atoms with Crippen LogP contribution in [-0.2, 0) is 14.3 Å². The van der Waals surface area contributed by atoms with E-state index in [2.05, 4.69) is 5.32 Å². The smallest absolute Gasteiger partial charge is 0.158 e. The van der Waals surface area contributed by atoms with Crippen LogP contribution in [0.4, 0.5) is 0 Å². The summed E-state index contributed by atoms with van der Waals surface area (Å²) in [4.78, 5) is 10.8. The van der Waals surface area contributed by atoms with Crippen molar-refractivity contribution in [1.29, 1.82) is 0 Å². The molecule has 0 radical (unpaired) electrons. The van der Waals surface area contributed by atoms with Crippen molar-refractivity contribution in [3.05, 3.63) is 0 Å². The standard InChI is InChI=1S/C10H21NO3/c1-9(12)10(2)14-7-4-6-13-8-5-11-3/h10-11H,4-8H2,1-3H3/t10-/m0/s1. The Morgan fingerprint density at radius 1 is 1.36 bits per heavy atom. The molecule has 0 fully saturated rings. The van der Waals surface area contributed by atoms with Gasteiger partial charge in [0, 0.05) is 19.8 Å². The zero-order valence-corrected chi connectivity index (χ0v) is 9.34. The molecule has 0 aromatic carbocycles. The summed E-state index contributed by atoms with van der Waals surface area (Å²) in [6.07, 6.45) is 0.550. The molecule has 0 saturated heterocycles. The summed E-state index contributed by atoms with van der Waals surface area (Å²) in [5.74, 6) is 0.0705. The topological polar surface area (TPSA) is 47.6 Å². The van der Waals surface area contributed by atoms with Crippen LogP contribution in [0, 0.1) is 0 Å². The Balaban J connectivity index is 3.09. The molecule has 0 aliphatic heterocycles. The third-order valence-corrected chi connectivity index (χ3v) is 1.87. The summed E-state index contributed by atoms with van der Waals surface area (Å²) < 4.78 is 10.6. The van der Waals surface area contributed by atoms with Crippen molar-refractivity contribution in [3.63, 3.8) is 0 Å². The van der Waals surface area contributed by atoms with Crippen molar-refractivity contribution in [1.82, 2.24) is 5.32 Å². The molecule has 0 saturated carbocycles. The number of ether oxygens (including phenoxy) is 2. The summed E-state index contributed by atoms with van der Waals surface area (Å²) in [5.41, 5.74) is 0. The third-order valence-electron chi connectivity index (χ3n) is 1.87. The molecule has 1 atom stereocenters. The number of ketones is 1. The van der Waals surface area contributed by atoms with Crippen LogP contribution >= 0.6 is 0 Å². The maximum absolute atomic E-state index is 10.8. The zero-order valence-electron chi connectivity index (χ0n) is 9.34. The van der Waals surface area contributed by atoms with Gasteiger partial charge in [-0.05, 0) is 27.3 Å². The molecule has 0 amide bonds. The number of carbonyl (C=O) groups excluding carboxylic acids is 1. The number of likely N-dealkylation sites (N-methyl/N-ethyl adjacent to an activating group) is 1. The van der Waals surface area contributed by atoms with Crippen LogP contribution < -0.4 is 5.32 Å². The number of rotatable bonds is 9. The van der Waals surface area contributed by atoms with E-state index in [0.717, 1.165) is 19.6 Å². The van der Waals surface area contributed by atoms with Crippen molar-refractivity contribution in [3.8, 4) is 0 Å². The molecule has 4 nitrogen and oxygen atoms in total. The molecular formula is C10H21NO3. The SMILES string of the molecule is CNCCOCCCO[C@@H](C)C(C)=O. The van der Waals surface area contributed by atoms with Crippen LogP contribution in [0.1, 0.15) is 20.3 Å². The van der Waals surface area contributed by atoms with Crippen LogP contribution in [-0.4, -0.2) is 45.3 Å². The summed E-state index contributed by atoms with van der Waals surface area (Å²) >= 11 is 0. The van der Waals surface area contributed by atoms with Gasteiger partial charge in [-0.15, -0.1) is 0 Å². The summed E-state index contributed by atoms with van der Waals surface area (Å²) in [7, 11) is 1.89. The first-order chi connectivity index (χ1) is 6.68. The lowest BCUT2D eigenvalue weighted by Gasteiger charge is -2.09. The number of carbonyl (C=O) groups is 1. The van der Waals surface area contributed by atoms with Gasteiger partial charge < -0.3 is 14.8 Å². The number of hydrogen-bond acceptors (Lipinski definition) is 4. The first-order valence-corrected chi connectivity index (χ1v) is 5.03. The second kappa shape index (κ2) is 9.12. The fraction of sp³-hybridized carbons (Fsp3) is 0.900. The fourth-order valence-corrected chi connectivity index (χ4v) is 0.815. The molecule has 4 heteroatoms. The van der Waals surface area contributed by atoms with E-state index < -0.39 is 0 Å². The van der Waals surface area contributed by atoms with Crippen molar-refractivity contribution < 1.29 is 14.3 Å². The van der Waals surface area contributed by atoms with E-state index in [1.165, 1.54) is 6.92 Å². The Labute approximate surface area is 86.0 Å². The molecule has 0 unspecified atom stereocenters. The quantitative estimate of drug-likeness (QED) is 0.558. The molecule has 0 rings (SSSR count). The fourth-order valence-electron chi connectivity index (χ4n) is 0.815. The van der Waals surface area contributed by atoms with Gasteiger partial charge in [-0.25, -0.2) is 0 Å². The highest BCUT2D eigenvalue weighted by molar-refractivity contribution is 5.79. The predicted molar refractivity (Wildman–Crippen MR) is 55.5 cm³/mol. The molecule has 0 aliphatic carbocycles. The highest BCUT2D eigenvalue weighted by Gasteiger charge is 2.05. The molecule has 0 aromatic rings. The first kappa shape index (κ1) is 13.5. The van der Waals surface area contributed by atoms with E-state index in [-0.39, 0.29) is 11.9 Å². The van der Waals surface area contributed by atoms with Gasteiger partial charge in [-0.2, -0.15) is 0 Å². The van der Waals surface area contributed by atoms with E-state index >= 15 is 0 Å². The Morgan fingerprint density at radius 2 is 2.07 bits per heavy atom. The first-order valence-electron chi connectivity index (χ1n) is 5.03. The average molecular weight is 203 g/mol. The molecule has 0 bridgehead atoms. The Hall–Kier alpha value is -0.450. The number of nitrogens with one attached hydrogen (secondary N) is 1. The average Bonchev–Trinajstić information content (AvgIpc) is 2.16. The molecule has 0 heterocycles. The molecular weight excluding hydrogens is 182 g/mol. The second-order valence-electron chi connectivity index (χ2n) is 3.19. The normalized spacial score (nSPS) is 12.8. The minimum absolute atomic E-state index is 0.0705. The van der Waals surface area contributed by atoms with Crippen LogP contribution in [0.25, 0.3) is 0 Å². The Kier molecular flexibility index (Phi) is 8.83. The van der Waals surface area contributed by atoms with Crippen molar-refractivity contribution >= 4 is 5.78 Å². The van der Waals surface area contributed by atoms with E-state index in [4.69, 9.17) is 9.47 Å². The minimum Gasteiger partial charge on any atom is -0.380 e. The lowest BCUT2D eigenvalue weighted by Crippen LogP contribution is -2.19. The minimum atomic E-state index is -0.285. The van der Waals surface area contributed by atoms with Gasteiger partial charge in [-0.3, -0.25) is 4.79 Å². The van der Waals surface area contributed by atoms with E-state index in [0.29, 0.717) is 13.2 Å². The Morgan fingerprint density at radius 3 is 2.64 bits per heavy atom. The molecule has 84 valence electrons. The Bertz CT molecular complexity index is 150. The van der Waals surface area contributed by atoms with Crippen molar-refractivity contribution in [2.75, 3.05) is 33.4 Å². The lowest BCUT2D eigenvalue weighted by molar-refractivity contribution is -0.127. The van der Waals surface area contributed by atoms with Crippen molar-refractivity contribution in [2.24, 2.45) is 0 Å². The van der Waals surface area contributed by atoms with Crippen LogP contribution in [0.5, 0.6) is 0 Å². The molecule has 0 aliphatic rings. The third kappa shape index (κ3) is 8.16. The van der Waals surface area contributed by atoms with Gasteiger partial charge in [0.2, 0.25) is 0 Å². The summed E-state index contributed by atoms with van der Waals surface area (Å²) in [5, 5.41) is 2.99. The lowest BCUT2D eigenvalue weighted by atomic mass is 10.3. The zero-order chi connectivity index (χ0) is 10.8. The maximum Gasteiger partial charge on any atom is 0.158 e. The van der Waals surface area contributed by atoms with Crippen LogP contribution in [0.2, 0.25) is 0 Å². The van der Waals surface area contributed by atoms with Gasteiger partial charge in [0.15, 0.2) is 5.78 Å². The summed E-state index contributed by atoms with van der Waals surface area (Å²) in [6.45, 7) is 6.16. The molecule has 0 aromatic heterocycles. The van der Waals surface area contributed by atoms with Crippen LogP contribution in [0.3, 0.4) is 0 Å². The van der Waals surface area contributed by atoms with Crippen molar-refractivity contribution in [2.45, 2.75) is 26.4 Å². The second-order valence-corrected chi connectivity index (χ2v) is 3.19.